The van der Waals surface area contributed by atoms with Crippen LogP contribution in [0.3, 0.4) is 0 Å². The summed E-state index contributed by atoms with van der Waals surface area (Å²) in [6.07, 6.45) is 1.69. The molecule has 0 saturated carbocycles. The molecule has 2 aliphatic heterocycles. The number of carboxylic acids is 1. The number of fused-ring (bicyclic) bond motifs is 2. The van der Waals surface area contributed by atoms with Crippen LogP contribution in [-0.2, 0) is 20.8 Å². The largest absolute Gasteiger partial charge is 0.480 e. The number of halogens is 3. The Balaban J connectivity index is 1.42. The number of rotatable bonds is 8. The highest BCUT2D eigenvalue weighted by Gasteiger charge is 2.68. The van der Waals surface area contributed by atoms with Crippen molar-refractivity contribution in [3.8, 4) is 0 Å². The number of likely N-dealkylation sites (tertiary alicyclic amines) is 1. The molecule has 4 aromatic rings. The third-order valence-corrected chi connectivity index (χ3v) is 9.10. The van der Waals surface area contributed by atoms with E-state index >= 15 is 0 Å². The monoisotopic (exact) mass is 610 g/mol. The van der Waals surface area contributed by atoms with Crippen LogP contribution in [0.25, 0.3) is 10.9 Å². The molecular weight excluding hydrogens is 587 g/mol. The summed E-state index contributed by atoms with van der Waals surface area (Å²) in [5.41, 5.74) is 0.931. The molecule has 11 heteroatoms. The van der Waals surface area contributed by atoms with Gasteiger partial charge in [0.1, 0.15) is 5.54 Å². The smallest absolute Gasteiger partial charge is 0.325 e. The molecule has 1 aromatic heterocycles. The van der Waals surface area contributed by atoms with Gasteiger partial charge >= 0.3 is 5.97 Å². The number of anilines is 1. The van der Waals surface area contributed by atoms with Gasteiger partial charge in [0.15, 0.2) is 0 Å². The number of hydrogen-bond donors (Lipinski definition) is 4. The van der Waals surface area contributed by atoms with Gasteiger partial charge in [-0.25, -0.2) is 0 Å². The lowest BCUT2D eigenvalue weighted by Gasteiger charge is -2.31. The van der Waals surface area contributed by atoms with Gasteiger partial charge in [-0.05, 0) is 41.5 Å². The molecule has 4 atom stereocenters. The van der Waals surface area contributed by atoms with Crippen molar-refractivity contribution in [3.63, 3.8) is 0 Å². The fraction of sp³-hybridized carbons (Fsp3) is 0.233. The molecule has 0 bridgehead atoms. The second-order valence-corrected chi connectivity index (χ2v) is 11.6. The van der Waals surface area contributed by atoms with Crippen LogP contribution >= 0.6 is 34.8 Å². The fourth-order valence-corrected chi connectivity index (χ4v) is 6.97. The van der Waals surface area contributed by atoms with E-state index in [1.807, 2.05) is 54.6 Å². The van der Waals surface area contributed by atoms with Crippen molar-refractivity contribution in [1.29, 1.82) is 0 Å². The number of imide groups is 1. The molecule has 0 radical (unpaired) electrons. The first kappa shape index (κ1) is 27.6. The van der Waals surface area contributed by atoms with E-state index in [0.717, 1.165) is 21.5 Å². The van der Waals surface area contributed by atoms with Crippen molar-refractivity contribution in [1.82, 2.24) is 15.2 Å². The number of carbonyl (C=O) groups is 3. The van der Waals surface area contributed by atoms with Crippen LogP contribution in [0.4, 0.5) is 5.69 Å². The number of benzene rings is 3. The minimum atomic E-state index is -1.81. The van der Waals surface area contributed by atoms with Crippen LogP contribution in [-0.4, -0.2) is 51.4 Å². The normalized spacial score (nSPS) is 23.8. The summed E-state index contributed by atoms with van der Waals surface area (Å²) < 4.78 is 0. The van der Waals surface area contributed by atoms with Crippen molar-refractivity contribution in [2.45, 2.75) is 18.0 Å². The van der Waals surface area contributed by atoms with Crippen molar-refractivity contribution in [3.05, 3.63) is 99.1 Å². The van der Waals surface area contributed by atoms with Gasteiger partial charge in [-0.3, -0.25) is 24.6 Å². The van der Waals surface area contributed by atoms with E-state index in [2.05, 4.69) is 15.6 Å². The molecule has 4 N–H and O–H groups in total. The number of aromatic nitrogens is 1. The van der Waals surface area contributed by atoms with Gasteiger partial charge in [-0.2, -0.15) is 0 Å². The zero-order valence-electron chi connectivity index (χ0n) is 21.5. The number of aromatic amines is 1. The third kappa shape index (κ3) is 4.65. The SMILES string of the molecule is O=C1C2C(c3cc(Cl)cc(Cl)c3Cl)NC(Cc3c[nH]c4ccccc34)(C(=O)O)C2C(=O)N1CCNc1ccccc1. The molecule has 8 nitrogen and oxygen atoms in total. The van der Waals surface area contributed by atoms with E-state index in [1.165, 1.54) is 6.07 Å². The van der Waals surface area contributed by atoms with Gasteiger partial charge in [0.25, 0.3) is 0 Å². The van der Waals surface area contributed by atoms with E-state index in [9.17, 15) is 19.5 Å². The first-order valence-electron chi connectivity index (χ1n) is 13.1. The molecule has 2 amide bonds. The summed E-state index contributed by atoms with van der Waals surface area (Å²) >= 11 is 19.3. The van der Waals surface area contributed by atoms with Crippen molar-refractivity contribution < 1.29 is 19.5 Å². The van der Waals surface area contributed by atoms with Gasteiger partial charge in [0.05, 0.1) is 21.9 Å². The predicted octanol–water partition coefficient (Wildman–Crippen LogP) is 5.55. The Hall–Kier alpha value is -3.56. The van der Waals surface area contributed by atoms with Crippen molar-refractivity contribution >= 4 is 69.2 Å². The molecule has 2 fully saturated rings. The van der Waals surface area contributed by atoms with Gasteiger partial charge < -0.3 is 15.4 Å². The van der Waals surface area contributed by atoms with Crippen LogP contribution in [0, 0.1) is 11.8 Å². The molecule has 0 aliphatic carbocycles. The highest BCUT2D eigenvalue weighted by Crippen LogP contribution is 2.52. The van der Waals surface area contributed by atoms with Gasteiger partial charge in [-0.1, -0.05) is 71.2 Å². The Morgan fingerprint density at radius 2 is 1.73 bits per heavy atom. The van der Waals surface area contributed by atoms with Gasteiger partial charge in [0, 0.05) is 53.4 Å². The fourth-order valence-electron chi connectivity index (χ4n) is 6.23. The zero-order chi connectivity index (χ0) is 28.9. The van der Waals surface area contributed by atoms with Crippen molar-refractivity contribution in [2.75, 3.05) is 18.4 Å². The summed E-state index contributed by atoms with van der Waals surface area (Å²) in [5, 5.41) is 18.6. The zero-order valence-corrected chi connectivity index (χ0v) is 23.8. The number of nitrogens with zero attached hydrogens (tertiary/aromatic N) is 1. The van der Waals surface area contributed by atoms with Crippen LogP contribution in [0.2, 0.25) is 15.1 Å². The number of carboxylic acid groups (broad SMARTS) is 1. The number of amides is 2. The minimum Gasteiger partial charge on any atom is -0.480 e. The first-order valence-corrected chi connectivity index (χ1v) is 14.2. The average Bonchev–Trinajstić information content (AvgIpc) is 3.60. The molecule has 6 rings (SSSR count). The topological polar surface area (TPSA) is 115 Å². The molecule has 210 valence electrons. The Kier molecular flexibility index (Phi) is 7.20. The van der Waals surface area contributed by atoms with Crippen LogP contribution in [0.5, 0.6) is 0 Å². The van der Waals surface area contributed by atoms with Crippen LogP contribution < -0.4 is 10.6 Å². The Morgan fingerprint density at radius 1 is 1.00 bits per heavy atom. The molecule has 0 spiro atoms. The highest BCUT2D eigenvalue weighted by molar-refractivity contribution is 6.43. The molecule has 2 saturated heterocycles. The van der Waals surface area contributed by atoms with Crippen LogP contribution in [0.15, 0.2) is 72.9 Å². The molecular formula is C30H25Cl3N4O4. The highest BCUT2D eigenvalue weighted by atomic mass is 35.5. The standard InChI is InChI=1S/C30H25Cl3N4O4/c31-17-12-20(25(33)21(32)13-17)26-23-24(28(39)37(27(23)38)11-10-34-18-6-2-1-3-7-18)30(36-26,29(40)41)14-16-15-35-22-9-5-4-8-19(16)22/h1-9,12-13,15,23-24,26,34-36H,10-11,14H2,(H,40,41). The summed E-state index contributed by atoms with van der Waals surface area (Å²) in [7, 11) is 0. The van der Waals surface area contributed by atoms with Crippen molar-refractivity contribution in [2.24, 2.45) is 11.8 Å². The number of aliphatic carboxylic acids is 1. The Labute approximate surface area is 250 Å². The average molecular weight is 612 g/mol. The summed E-state index contributed by atoms with van der Waals surface area (Å²) in [5.74, 6) is -4.49. The second kappa shape index (κ2) is 10.7. The maximum Gasteiger partial charge on any atom is 0.325 e. The summed E-state index contributed by atoms with van der Waals surface area (Å²) in [6, 6.07) is 19.0. The molecule has 3 aromatic carbocycles. The quantitative estimate of drug-likeness (QED) is 0.153. The lowest BCUT2D eigenvalue weighted by atomic mass is 9.76. The maximum absolute atomic E-state index is 14.0. The van der Waals surface area contributed by atoms with Crippen LogP contribution in [0.1, 0.15) is 17.2 Å². The van der Waals surface area contributed by atoms with E-state index < -0.39 is 41.2 Å². The second-order valence-electron chi connectivity index (χ2n) is 10.3. The lowest BCUT2D eigenvalue weighted by Crippen LogP contribution is -2.57. The number of para-hydroxylation sites is 2. The number of H-pyrrole nitrogens is 1. The molecule has 3 heterocycles. The Morgan fingerprint density at radius 3 is 2.49 bits per heavy atom. The van der Waals surface area contributed by atoms with Gasteiger partial charge in [-0.15, -0.1) is 0 Å². The number of carbonyl (C=O) groups excluding carboxylic acids is 2. The molecule has 41 heavy (non-hydrogen) atoms. The Bertz CT molecular complexity index is 1680. The van der Waals surface area contributed by atoms with E-state index in [0.29, 0.717) is 17.7 Å². The number of hydrogen-bond acceptors (Lipinski definition) is 5. The lowest BCUT2D eigenvalue weighted by molar-refractivity contribution is -0.151. The maximum atomic E-state index is 14.0. The van der Waals surface area contributed by atoms with E-state index in [1.54, 1.807) is 12.3 Å². The summed E-state index contributed by atoms with van der Waals surface area (Å²) in [4.78, 5) is 45.5. The minimum absolute atomic E-state index is 0.0505. The van der Waals surface area contributed by atoms with E-state index in [4.69, 9.17) is 34.8 Å². The van der Waals surface area contributed by atoms with E-state index in [-0.39, 0.29) is 28.0 Å². The molecule has 4 unspecified atom stereocenters. The number of nitrogens with one attached hydrogen (secondary N) is 3. The van der Waals surface area contributed by atoms with Gasteiger partial charge in [0.2, 0.25) is 11.8 Å². The third-order valence-electron chi connectivity index (χ3n) is 8.07. The summed E-state index contributed by atoms with van der Waals surface area (Å²) in [6.45, 7) is 0.365. The molecule has 2 aliphatic rings. The first-order chi connectivity index (χ1) is 19.7. The predicted molar refractivity (Wildman–Crippen MR) is 158 cm³/mol.